The highest BCUT2D eigenvalue weighted by atomic mass is 79.9. The Hall–Kier alpha value is -3.55. The largest absolute Gasteiger partial charge is 0.459 e. The van der Waals surface area contributed by atoms with Crippen molar-refractivity contribution in [2.45, 2.75) is 6.92 Å². The predicted octanol–water partition coefficient (Wildman–Crippen LogP) is 0.868. The zero-order valence-corrected chi connectivity index (χ0v) is 16.9. The Morgan fingerprint density at radius 1 is 1.27 bits per heavy atom. The van der Waals surface area contributed by atoms with Gasteiger partial charge in [-0.25, -0.2) is 23.2 Å². The first kappa shape index (κ1) is 21.2. The van der Waals surface area contributed by atoms with E-state index in [9.17, 15) is 18.8 Å². The summed E-state index contributed by atoms with van der Waals surface area (Å²) in [6, 6.07) is 3.88. The van der Waals surface area contributed by atoms with Crippen LogP contribution in [0.15, 0.2) is 36.6 Å². The number of nitrogens with zero attached hydrogens (tertiary/aromatic N) is 4. The number of esters is 1. The van der Waals surface area contributed by atoms with Crippen LogP contribution in [0.3, 0.4) is 0 Å². The molecule has 0 aliphatic rings. The highest BCUT2D eigenvalue weighted by molar-refractivity contribution is 9.10. The van der Waals surface area contributed by atoms with Crippen molar-refractivity contribution in [3.05, 3.63) is 39.0 Å². The van der Waals surface area contributed by atoms with E-state index in [-0.39, 0.29) is 47.2 Å². The van der Waals surface area contributed by atoms with Crippen LogP contribution in [-0.4, -0.2) is 51.6 Å². The van der Waals surface area contributed by atoms with E-state index in [0.29, 0.717) is 0 Å². The Bertz CT molecular complexity index is 1130. The fraction of sp³-hybridized carbons (Fsp3) is 0.250. The number of amides is 1. The number of hydrogen-bond acceptors (Lipinski definition) is 10. The summed E-state index contributed by atoms with van der Waals surface area (Å²) in [4.78, 5) is 34.9. The van der Waals surface area contributed by atoms with Crippen LogP contribution in [0.4, 0.5) is 10.2 Å². The van der Waals surface area contributed by atoms with Crippen LogP contribution in [0.25, 0.3) is 17.2 Å². The standard InChI is InChI=1S/C16H14BrFN6O6/c1-2-28-15(26)14(25)20-6-5-19-12-11(21-30-22-12)13-23-29-16(27)24(13)8-3-4-10(18)9(17)7-8/h3-4,7H,2,5-6H2,1H3,(H,19,22)(H,20,25). The summed E-state index contributed by atoms with van der Waals surface area (Å²) in [6.45, 7) is 1.86. The second-order valence-electron chi connectivity index (χ2n) is 5.57. The van der Waals surface area contributed by atoms with Gasteiger partial charge in [0.2, 0.25) is 11.6 Å². The zero-order chi connectivity index (χ0) is 21.7. The molecule has 0 spiro atoms. The number of aromatic nitrogens is 4. The average Bonchev–Trinajstić information content (AvgIpc) is 3.33. The fourth-order valence-corrected chi connectivity index (χ4v) is 2.70. The number of ether oxygens (including phenoxy) is 1. The van der Waals surface area contributed by atoms with E-state index in [1.807, 2.05) is 0 Å². The molecule has 3 aromatic rings. The van der Waals surface area contributed by atoms with E-state index in [2.05, 4.69) is 46.8 Å². The predicted molar refractivity (Wildman–Crippen MR) is 101 cm³/mol. The average molecular weight is 485 g/mol. The van der Waals surface area contributed by atoms with Gasteiger partial charge in [0.05, 0.1) is 16.8 Å². The summed E-state index contributed by atoms with van der Waals surface area (Å²) in [5.41, 5.74) is 0.304. The minimum atomic E-state index is -0.988. The van der Waals surface area contributed by atoms with Gasteiger partial charge in [0.25, 0.3) is 0 Å². The first-order chi connectivity index (χ1) is 14.4. The van der Waals surface area contributed by atoms with Crippen molar-refractivity contribution >= 4 is 33.6 Å². The van der Waals surface area contributed by atoms with Gasteiger partial charge in [-0.1, -0.05) is 5.16 Å². The Morgan fingerprint density at radius 3 is 2.80 bits per heavy atom. The van der Waals surface area contributed by atoms with Crippen LogP contribution in [-0.2, 0) is 14.3 Å². The third-order valence-electron chi connectivity index (χ3n) is 3.63. The van der Waals surface area contributed by atoms with E-state index in [0.717, 1.165) is 10.6 Å². The van der Waals surface area contributed by atoms with Crippen LogP contribution in [0.5, 0.6) is 0 Å². The quantitative estimate of drug-likeness (QED) is 0.280. The number of benzene rings is 1. The van der Waals surface area contributed by atoms with Crippen molar-refractivity contribution in [1.29, 1.82) is 0 Å². The minimum Gasteiger partial charge on any atom is -0.459 e. The summed E-state index contributed by atoms with van der Waals surface area (Å²) in [7, 11) is 0. The highest BCUT2D eigenvalue weighted by Crippen LogP contribution is 2.25. The maximum absolute atomic E-state index is 13.5. The lowest BCUT2D eigenvalue weighted by molar-refractivity contribution is -0.154. The van der Waals surface area contributed by atoms with Gasteiger partial charge in [0, 0.05) is 13.1 Å². The molecule has 2 heterocycles. The first-order valence-corrected chi connectivity index (χ1v) is 9.27. The smallest absolute Gasteiger partial charge is 0.446 e. The van der Waals surface area contributed by atoms with Crippen LogP contribution >= 0.6 is 15.9 Å². The number of nitrogens with one attached hydrogen (secondary N) is 2. The van der Waals surface area contributed by atoms with E-state index in [1.165, 1.54) is 12.1 Å². The summed E-state index contributed by atoms with van der Waals surface area (Å²) in [6.07, 6.45) is 0. The molecule has 30 heavy (non-hydrogen) atoms. The molecule has 0 radical (unpaired) electrons. The van der Waals surface area contributed by atoms with Crippen LogP contribution in [0.2, 0.25) is 0 Å². The molecule has 0 aliphatic heterocycles. The van der Waals surface area contributed by atoms with Gasteiger partial charge < -0.3 is 15.4 Å². The van der Waals surface area contributed by atoms with Crippen molar-refractivity contribution in [3.63, 3.8) is 0 Å². The van der Waals surface area contributed by atoms with Crippen LogP contribution in [0.1, 0.15) is 6.92 Å². The Morgan fingerprint density at radius 2 is 2.07 bits per heavy atom. The van der Waals surface area contributed by atoms with Gasteiger partial charge in [-0.05, 0) is 51.4 Å². The maximum atomic E-state index is 13.5. The molecular formula is C16H14BrFN6O6. The lowest BCUT2D eigenvalue weighted by Gasteiger charge is -2.07. The molecule has 158 valence electrons. The van der Waals surface area contributed by atoms with Gasteiger partial charge in [-0.15, -0.1) is 0 Å². The highest BCUT2D eigenvalue weighted by Gasteiger charge is 2.23. The SMILES string of the molecule is CCOC(=O)C(=O)NCCNc1nonc1-c1noc(=O)n1-c1ccc(F)c(Br)c1. The van der Waals surface area contributed by atoms with Crippen molar-refractivity contribution in [2.75, 3.05) is 25.0 Å². The topological polar surface area (TPSA) is 154 Å². The molecule has 0 fully saturated rings. The van der Waals surface area contributed by atoms with E-state index >= 15 is 0 Å². The monoisotopic (exact) mass is 484 g/mol. The molecule has 2 N–H and O–H groups in total. The Balaban J connectivity index is 1.75. The fourth-order valence-electron chi connectivity index (χ4n) is 2.33. The summed E-state index contributed by atoms with van der Waals surface area (Å²) in [5.74, 6) is -3.16. The molecule has 0 unspecified atom stereocenters. The number of carbonyl (C=O) groups is 2. The van der Waals surface area contributed by atoms with Gasteiger partial charge in [-0.2, -0.15) is 0 Å². The number of carbonyl (C=O) groups excluding carboxylic acids is 2. The molecular weight excluding hydrogens is 471 g/mol. The van der Waals surface area contributed by atoms with Crippen molar-refractivity contribution < 1.29 is 27.9 Å². The second-order valence-corrected chi connectivity index (χ2v) is 6.42. The molecule has 0 saturated heterocycles. The molecule has 0 atom stereocenters. The molecule has 0 aliphatic carbocycles. The summed E-state index contributed by atoms with van der Waals surface area (Å²) >= 11 is 3.05. The van der Waals surface area contributed by atoms with Crippen LogP contribution in [0, 0.1) is 5.82 Å². The molecule has 12 nitrogen and oxygen atoms in total. The number of halogens is 2. The molecule has 1 aromatic carbocycles. The number of rotatable bonds is 7. The van der Waals surface area contributed by atoms with E-state index in [1.54, 1.807) is 6.92 Å². The number of hydrogen-bond donors (Lipinski definition) is 2. The third kappa shape index (κ3) is 4.53. The second kappa shape index (κ2) is 9.30. The van der Waals surface area contributed by atoms with Crippen molar-refractivity contribution in [2.24, 2.45) is 0 Å². The van der Waals surface area contributed by atoms with Crippen molar-refractivity contribution in [1.82, 2.24) is 25.4 Å². The van der Waals surface area contributed by atoms with Crippen molar-refractivity contribution in [3.8, 4) is 17.2 Å². The Labute approximate surface area is 175 Å². The van der Waals surface area contributed by atoms with E-state index in [4.69, 9.17) is 9.15 Å². The summed E-state index contributed by atoms with van der Waals surface area (Å²) < 4.78 is 28.7. The van der Waals surface area contributed by atoms with Crippen LogP contribution < -0.4 is 16.4 Å². The molecule has 1 amide bonds. The first-order valence-electron chi connectivity index (χ1n) is 8.48. The molecule has 14 heteroatoms. The van der Waals surface area contributed by atoms with Gasteiger partial charge >= 0.3 is 17.6 Å². The minimum absolute atomic E-state index is 0.0398. The number of anilines is 1. The van der Waals surface area contributed by atoms with Gasteiger partial charge in [0.1, 0.15) is 5.82 Å². The van der Waals surface area contributed by atoms with Gasteiger partial charge in [0.15, 0.2) is 5.69 Å². The summed E-state index contributed by atoms with van der Waals surface area (Å²) in [5, 5.41) is 16.3. The third-order valence-corrected chi connectivity index (χ3v) is 4.24. The molecule has 0 saturated carbocycles. The Kier molecular flexibility index (Phi) is 6.56. The van der Waals surface area contributed by atoms with Gasteiger partial charge in [-0.3, -0.25) is 9.32 Å². The zero-order valence-electron chi connectivity index (χ0n) is 15.3. The lowest BCUT2D eigenvalue weighted by Crippen LogP contribution is -2.35. The molecule has 2 aromatic heterocycles. The maximum Gasteiger partial charge on any atom is 0.446 e. The molecule has 0 bridgehead atoms. The molecule has 3 rings (SSSR count). The lowest BCUT2D eigenvalue weighted by atomic mass is 10.3. The van der Waals surface area contributed by atoms with E-state index < -0.39 is 23.4 Å². The normalized spacial score (nSPS) is 10.6.